The number of nitrogens with zero attached hydrogens (tertiary/aromatic N) is 3. The highest BCUT2D eigenvalue weighted by Gasteiger charge is 2.21. The minimum Gasteiger partial charge on any atom is -0.455 e. The lowest BCUT2D eigenvalue weighted by molar-refractivity contribution is 0.621. The van der Waals surface area contributed by atoms with Gasteiger partial charge in [-0.3, -0.25) is 0 Å². The first-order valence-electron chi connectivity index (χ1n) is 12.3. The predicted octanol–water partition coefficient (Wildman–Crippen LogP) is 8.58. The van der Waals surface area contributed by atoms with Crippen LogP contribution in [-0.4, -0.2) is 15.0 Å². The molecule has 2 heterocycles. The van der Waals surface area contributed by atoms with Crippen LogP contribution >= 0.6 is 0 Å². The maximum Gasteiger partial charge on any atom is 0.170 e. The van der Waals surface area contributed by atoms with E-state index in [0.29, 0.717) is 22.8 Å². The third-order valence-corrected chi connectivity index (χ3v) is 6.64. The van der Waals surface area contributed by atoms with Crippen LogP contribution in [0.2, 0.25) is 0 Å². The lowest BCUT2D eigenvalue weighted by Crippen LogP contribution is -2.01. The Morgan fingerprint density at radius 2 is 0.974 bits per heavy atom. The highest BCUT2D eigenvalue weighted by Crippen LogP contribution is 2.37. The summed E-state index contributed by atoms with van der Waals surface area (Å²) in [5.74, 6) is 0.696. The van der Waals surface area contributed by atoms with E-state index < -0.39 is 5.82 Å². The van der Waals surface area contributed by atoms with Crippen molar-refractivity contribution in [2.45, 2.75) is 0 Å². The van der Waals surface area contributed by atoms with Gasteiger partial charge in [0.2, 0.25) is 0 Å². The van der Waals surface area contributed by atoms with Crippen LogP contribution in [0.25, 0.3) is 67.2 Å². The molecule has 4 nitrogen and oxygen atoms in total. The minimum atomic E-state index is -0.452. The van der Waals surface area contributed by atoms with E-state index in [1.807, 2.05) is 97.1 Å². The van der Waals surface area contributed by atoms with E-state index in [1.165, 1.54) is 6.07 Å². The Bertz CT molecular complexity index is 1910. The molecule has 0 atom stereocenters. The SMILES string of the molecule is Fc1ccc2c(oc3ccccc32)c1-c1nc(-c2ccccc2)nc(-c2ccc(-c3ccccc3)cc2)n1. The van der Waals surface area contributed by atoms with E-state index in [4.69, 9.17) is 19.4 Å². The summed E-state index contributed by atoms with van der Waals surface area (Å²) in [6.45, 7) is 0. The molecule has 38 heavy (non-hydrogen) atoms. The van der Waals surface area contributed by atoms with Crippen molar-refractivity contribution < 1.29 is 8.81 Å². The number of rotatable bonds is 4. The fraction of sp³-hybridized carbons (Fsp3) is 0. The van der Waals surface area contributed by atoms with Crippen LogP contribution in [0, 0.1) is 5.82 Å². The van der Waals surface area contributed by atoms with E-state index >= 15 is 4.39 Å². The molecule has 5 heteroatoms. The number of aromatic nitrogens is 3. The molecule has 7 rings (SSSR count). The maximum absolute atomic E-state index is 15.5. The zero-order chi connectivity index (χ0) is 25.5. The highest BCUT2D eigenvalue weighted by atomic mass is 19.1. The van der Waals surface area contributed by atoms with Gasteiger partial charge < -0.3 is 4.42 Å². The third-order valence-electron chi connectivity index (χ3n) is 6.64. The number of benzene rings is 5. The molecule has 0 aliphatic rings. The summed E-state index contributed by atoms with van der Waals surface area (Å²) < 4.78 is 21.6. The second kappa shape index (κ2) is 9.05. The summed E-state index contributed by atoms with van der Waals surface area (Å²) in [4.78, 5) is 14.3. The topological polar surface area (TPSA) is 51.8 Å². The quantitative estimate of drug-likeness (QED) is 0.246. The molecule has 0 aliphatic carbocycles. The van der Waals surface area contributed by atoms with Gasteiger partial charge in [-0.15, -0.1) is 0 Å². The van der Waals surface area contributed by atoms with E-state index in [0.717, 1.165) is 33.0 Å². The van der Waals surface area contributed by atoms with E-state index in [-0.39, 0.29) is 11.4 Å². The highest BCUT2D eigenvalue weighted by molar-refractivity contribution is 6.09. The van der Waals surface area contributed by atoms with Crippen molar-refractivity contribution in [3.05, 3.63) is 127 Å². The summed E-state index contributed by atoms with van der Waals surface area (Å²) >= 11 is 0. The van der Waals surface area contributed by atoms with Crippen LogP contribution in [0.5, 0.6) is 0 Å². The summed E-state index contributed by atoms with van der Waals surface area (Å²) in [5.41, 5.74) is 5.16. The van der Waals surface area contributed by atoms with Crippen LogP contribution < -0.4 is 0 Å². The molecule has 0 saturated carbocycles. The Morgan fingerprint density at radius 3 is 1.68 bits per heavy atom. The molecule has 0 bridgehead atoms. The van der Waals surface area contributed by atoms with Gasteiger partial charge in [-0.05, 0) is 29.3 Å². The van der Waals surface area contributed by atoms with Crippen molar-refractivity contribution in [2.75, 3.05) is 0 Å². The minimum absolute atomic E-state index is 0.223. The van der Waals surface area contributed by atoms with Crippen LogP contribution in [0.4, 0.5) is 4.39 Å². The number of fused-ring (bicyclic) bond motifs is 3. The Kier molecular flexibility index (Phi) is 5.26. The largest absolute Gasteiger partial charge is 0.455 e. The fourth-order valence-corrected chi connectivity index (χ4v) is 4.75. The Labute approximate surface area is 218 Å². The summed E-state index contributed by atoms with van der Waals surface area (Å²) in [7, 11) is 0. The van der Waals surface area contributed by atoms with Crippen LogP contribution in [0.3, 0.4) is 0 Å². The summed E-state index contributed by atoms with van der Waals surface area (Å²) in [6, 6.07) is 38.7. The first-order chi connectivity index (χ1) is 18.7. The number of hydrogen-bond acceptors (Lipinski definition) is 4. The zero-order valence-electron chi connectivity index (χ0n) is 20.2. The Balaban J connectivity index is 1.44. The fourth-order valence-electron chi connectivity index (χ4n) is 4.75. The van der Waals surface area contributed by atoms with Gasteiger partial charge in [0.15, 0.2) is 17.5 Å². The van der Waals surface area contributed by atoms with Gasteiger partial charge in [-0.1, -0.05) is 103 Å². The van der Waals surface area contributed by atoms with Gasteiger partial charge >= 0.3 is 0 Å². The molecule has 0 saturated heterocycles. The smallest absolute Gasteiger partial charge is 0.170 e. The van der Waals surface area contributed by atoms with Gasteiger partial charge in [-0.2, -0.15) is 0 Å². The van der Waals surface area contributed by atoms with Gasteiger partial charge in [0.05, 0.1) is 5.56 Å². The first-order valence-corrected chi connectivity index (χ1v) is 12.3. The number of halogens is 1. The molecular weight excluding hydrogens is 473 g/mol. The second-order valence-electron chi connectivity index (χ2n) is 9.01. The summed E-state index contributed by atoms with van der Waals surface area (Å²) in [5, 5.41) is 1.73. The molecule has 0 N–H and O–H groups in total. The average molecular weight is 494 g/mol. The van der Waals surface area contributed by atoms with E-state index in [2.05, 4.69) is 12.1 Å². The lowest BCUT2D eigenvalue weighted by atomic mass is 10.0. The van der Waals surface area contributed by atoms with Gasteiger partial charge in [0.1, 0.15) is 17.0 Å². The average Bonchev–Trinajstić information content (AvgIpc) is 3.36. The standard InChI is InChI=1S/C33H20FN3O/c34-27-20-19-26-25-13-7-8-14-28(25)38-30(26)29(27)33-36-31(23-11-5-2-6-12-23)35-32(37-33)24-17-15-22(16-18-24)21-9-3-1-4-10-21/h1-20H. The monoisotopic (exact) mass is 493 g/mol. The normalized spacial score (nSPS) is 11.3. The van der Waals surface area contributed by atoms with Crippen molar-refractivity contribution in [3.8, 4) is 45.3 Å². The van der Waals surface area contributed by atoms with E-state index in [1.54, 1.807) is 6.07 Å². The molecular formula is C33H20FN3O. The van der Waals surface area contributed by atoms with Crippen molar-refractivity contribution in [1.29, 1.82) is 0 Å². The van der Waals surface area contributed by atoms with Gasteiger partial charge in [0, 0.05) is 21.9 Å². The molecule has 7 aromatic rings. The van der Waals surface area contributed by atoms with Crippen molar-refractivity contribution in [1.82, 2.24) is 15.0 Å². The zero-order valence-corrected chi connectivity index (χ0v) is 20.2. The predicted molar refractivity (Wildman–Crippen MR) is 149 cm³/mol. The maximum atomic E-state index is 15.5. The molecule has 2 aromatic heterocycles. The van der Waals surface area contributed by atoms with Crippen LogP contribution in [0.15, 0.2) is 126 Å². The third kappa shape index (κ3) is 3.82. The van der Waals surface area contributed by atoms with E-state index in [9.17, 15) is 0 Å². The number of furan rings is 1. The van der Waals surface area contributed by atoms with Gasteiger partial charge in [-0.25, -0.2) is 19.3 Å². The van der Waals surface area contributed by atoms with Crippen molar-refractivity contribution in [3.63, 3.8) is 0 Å². The molecule has 0 fully saturated rings. The van der Waals surface area contributed by atoms with Crippen molar-refractivity contribution in [2.24, 2.45) is 0 Å². The number of para-hydroxylation sites is 1. The molecule has 0 spiro atoms. The molecule has 0 aliphatic heterocycles. The molecule has 180 valence electrons. The van der Waals surface area contributed by atoms with Crippen LogP contribution in [-0.2, 0) is 0 Å². The second-order valence-corrected chi connectivity index (χ2v) is 9.01. The van der Waals surface area contributed by atoms with Gasteiger partial charge in [0.25, 0.3) is 0 Å². The molecule has 5 aromatic carbocycles. The Hall–Kier alpha value is -5.16. The van der Waals surface area contributed by atoms with Crippen LogP contribution in [0.1, 0.15) is 0 Å². The number of hydrogen-bond donors (Lipinski definition) is 0. The summed E-state index contributed by atoms with van der Waals surface area (Å²) in [6.07, 6.45) is 0. The lowest BCUT2D eigenvalue weighted by Gasteiger charge is -2.10. The molecule has 0 amide bonds. The molecule has 0 radical (unpaired) electrons. The molecule has 0 unspecified atom stereocenters. The Morgan fingerprint density at radius 1 is 0.447 bits per heavy atom. The first kappa shape index (κ1) is 22.1. The van der Waals surface area contributed by atoms with Crippen molar-refractivity contribution >= 4 is 21.9 Å².